The molecule has 30 heavy (non-hydrogen) atoms. The lowest BCUT2D eigenvalue weighted by molar-refractivity contribution is 0.0993. The molecule has 0 fully saturated rings. The molecule has 1 N–H and O–H groups in total. The number of rotatable bonds is 8. The zero-order valence-corrected chi connectivity index (χ0v) is 16.6. The lowest BCUT2D eigenvalue weighted by Crippen LogP contribution is -2.16. The Morgan fingerprint density at radius 3 is 2.70 bits per heavy atom. The summed E-state index contributed by atoms with van der Waals surface area (Å²) in [5.74, 6) is 2.29. The van der Waals surface area contributed by atoms with Crippen LogP contribution in [0.2, 0.25) is 0 Å². The van der Waals surface area contributed by atoms with Crippen LogP contribution in [0.15, 0.2) is 65.5 Å². The molecule has 0 aliphatic rings. The maximum Gasteiger partial charge on any atom is 0.292 e. The van der Waals surface area contributed by atoms with Gasteiger partial charge in [0.1, 0.15) is 11.6 Å². The molecule has 1 amide bonds. The summed E-state index contributed by atoms with van der Waals surface area (Å²) in [6.07, 6.45) is 5.14. The average Bonchev–Trinajstić information content (AvgIpc) is 3.51. The predicted octanol–water partition coefficient (Wildman–Crippen LogP) is 3.04. The van der Waals surface area contributed by atoms with Crippen molar-refractivity contribution in [1.29, 1.82) is 0 Å². The van der Waals surface area contributed by atoms with E-state index in [4.69, 9.17) is 13.9 Å². The quantitative estimate of drug-likeness (QED) is 0.482. The number of aromatic nitrogens is 4. The first-order valence-electron chi connectivity index (χ1n) is 9.27. The molecule has 0 saturated carbocycles. The first-order valence-corrected chi connectivity index (χ1v) is 9.27. The van der Waals surface area contributed by atoms with Crippen LogP contribution in [-0.2, 0) is 13.1 Å². The van der Waals surface area contributed by atoms with E-state index in [-0.39, 0.29) is 11.7 Å². The van der Waals surface area contributed by atoms with E-state index in [1.165, 1.54) is 0 Å². The normalized spacial score (nSPS) is 10.7. The number of ether oxygens (including phenoxy) is 2. The summed E-state index contributed by atoms with van der Waals surface area (Å²) in [4.78, 5) is 12.6. The molecule has 9 nitrogen and oxygen atoms in total. The van der Waals surface area contributed by atoms with Gasteiger partial charge in [0.2, 0.25) is 0 Å². The molecule has 0 spiro atoms. The minimum absolute atomic E-state index is 0.212. The van der Waals surface area contributed by atoms with Crippen LogP contribution in [0.25, 0.3) is 0 Å². The van der Waals surface area contributed by atoms with E-state index in [0.29, 0.717) is 36.2 Å². The Morgan fingerprint density at radius 2 is 1.93 bits per heavy atom. The summed E-state index contributed by atoms with van der Waals surface area (Å²) in [6, 6.07) is 12.6. The maximum absolute atomic E-state index is 12.6. The molecule has 154 valence electrons. The fourth-order valence-corrected chi connectivity index (χ4v) is 3.12. The van der Waals surface area contributed by atoms with Crippen molar-refractivity contribution in [1.82, 2.24) is 19.6 Å². The standard InChI is InChI=1S/C21H21N5O4/c1-28-17-6-3-5-15(20(17)29-2)13-26-19(9-11-23-26)24-21(27)18-8-7-16(30-18)14-25-12-4-10-22-25/h3-12H,13-14H2,1-2H3,(H,24,27). The van der Waals surface area contributed by atoms with Crippen LogP contribution in [0.5, 0.6) is 11.5 Å². The van der Waals surface area contributed by atoms with Crippen molar-refractivity contribution in [3.8, 4) is 11.5 Å². The first-order chi connectivity index (χ1) is 14.7. The third kappa shape index (κ3) is 4.04. The van der Waals surface area contributed by atoms with Crippen LogP contribution in [0.4, 0.5) is 5.82 Å². The molecule has 4 rings (SSSR count). The zero-order valence-electron chi connectivity index (χ0n) is 16.6. The van der Waals surface area contributed by atoms with Crippen LogP contribution in [0, 0.1) is 0 Å². The van der Waals surface area contributed by atoms with E-state index in [9.17, 15) is 4.79 Å². The summed E-state index contributed by atoms with van der Waals surface area (Å²) >= 11 is 0. The Kier molecular flexibility index (Phi) is 5.51. The van der Waals surface area contributed by atoms with E-state index in [0.717, 1.165) is 5.56 Å². The number of methoxy groups -OCH3 is 2. The number of carbonyl (C=O) groups excluding carboxylic acids is 1. The van der Waals surface area contributed by atoms with Crippen molar-refractivity contribution in [2.75, 3.05) is 19.5 Å². The Morgan fingerprint density at radius 1 is 1.03 bits per heavy atom. The number of carbonyl (C=O) groups is 1. The lowest BCUT2D eigenvalue weighted by atomic mass is 10.2. The van der Waals surface area contributed by atoms with Gasteiger partial charge >= 0.3 is 0 Å². The molecule has 0 radical (unpaired) electrons. The number of hydrogen-bond donors (Lipinski definition) is 1. The number of anilines is 1. The van der Waals surface area contributed by atoms with E-state index < -0.39 is 0 Å². The van der Waals surface area contributed by atoms with Gasteiger partial charge in [-0.1, -0.05) is 12.1 Å². The second-order valence-corrected chi connectivity index (χ2v) is 6.45. The maximum atomic E-state index is 12.6. The summed E-state index contributed by atoms with van der Waals surface area (Å²) in [7, 11) is 3.18. The molecule has 0 atom stereocenters. The van der Waals surface area contributed by atoms with Crippen LogP contribution in [0.1, 0.15) is 21.9 Å². The molecule has 0 unspecified atom stereocenters. The number of furan rings is 1. The molecule has 0 aliphatic carbocycles. The molecule has 9 heteroatoms. The van der Waals surface area contributed by atoms with Gasteiger partial charge in [0.15, 0.2) is 17.3 Å². The summed E-state index contributed by atoms with van der Waals surface area (Å²) in [5.41, 5.74) is 0.871. The van der Waals surface area contributed by atoms with Gasteiger partial charge in [0, 0.05) is 24.0 Å². The largest absolute Gasteiger partial charge is 0.493 e. The lowest BCUT2D eigenvalue weighted by Gasteiger charge is -2.14. The molecule has 3 heterocycles. The highest BCUT2D eigenvalue weighted by Gasteiger charge is 2.16. The molecular formula is C21H21N5O4. The van der Waals surface area contributed by atoms with E-state index >= 15 is 0 Å². The molecule has 4 aromatic rings. The van der Waals surface area contributed by atoms with Gasteiger partial charge in [-0.15, -0.1) is 0 Å². The van der Waals surface area contributed by atoms with Crippen molar-refractivity contribution in [2.45, 2.75) is 13.1 Å². The van der Waals surface area contributed by atoms with E-state index in [1.807, 2.05) is 30.5 Å². The molecule has 3 aromatic heterocycles. The number of nitrogens with one attached hydrogen (secondary N) is 1. The highest BCUT2D eigenvalue weighted by atomic mass is 16.5. The van der Waals surface area contributed by atoms with Crippen LogP contribution in [-0.4, -0.2) is 39.7 Å². The highest BCUT2D eigenvalue weighted by molar-refractivity contribution is 6.01. The average molecular weight is 407 g/mol. The predicted molar refractivity (Wildman–Crippen MR) is 109 cm³/mol. The number of hydrogen-bond acceptors (Lipinski definition) is 6. The van der Waals surface area contributed by atoms with Crippen molar-refractivity contribution in [3.63, 3.8) is 0 Å². The minimum atomic E-state index is -0.360. The van der Waals surface area contributed by atoms with Crippen molar-refractivity contribution < 1.29 is 18.7 Å². The third-order valence-electron chi connectivity index (χ3n) is 4.53. The molecule has 0 saturated heterocycles. The molecule has 0 aliphatic heterocycles. The summed E-state index contributed by atoms with van der Waals surface area (Å²) in [6.45, 7) is 0.847. The highest BCUT2D eigenvalue weighted by Crippen LogP contribution is 2.31. The van der Waals surface area contributed by atoms with E-state index in [2.05, 4.69) is 15.5 Å². The van der Waals surface area contributed by atoms with Gasteiger partial charge in [0.25, 0.3) is 5.91 Å². The van der Waals surface area contributed by atoms with Gasteiger partial charge in [-0.3, -0.25) is 9.48 Å². The van der Waals surface area contributed by atoms with Crippen LogP contribution in [0.3, 0.4) is 0 Å². The van der Waals surface area contributed by atoms with Gasteiger partial charge in [-0.25, -0.2) is 4.68 Å². The van der Waals surface area contributed by atoms with Gasteiger partial charge in [0.05, 0.1) is 33.5 Å². The summed E-state index contributed by atoms with van der Waals surface area (Å²) in [5, 5.41) is 11.3. The second-order valence-electron chi connectivity index (χ2n) is 6.45. The number of para-hydroxylation sites is 1. The van der Waals surface area contributed by atoms with Crippen molar-refractivity contribution in [2.24, 2.45) is 0 Å². The summed E-state index contributed by atoms with van der Waals surface area (Å²) < 4.78 is 19.9. The molecule has 1 aromatic carbocycles. The van der Waals surface area contributed by atoms with Gasteiger partial charge in [-0.2, -0.15) is 10.2 Å². The molecule has 0 bridgehead atoms. The Balaban J connectivity index is 1.48. The third-order valence-corrected chi connectivity index (χ3v) is 4.53. The topological polar surface area (TPSA) is 96.3 Å². The number of nitrogens with zero attached hydrogens (tertiary/aromatic N) is 4. The van der Waals surface area contributed by atoms with E-state index in [1.54, 1.807) is 54.2 Å². The molecular weight excluding hydrogens is 386 g/mol. The first kappa shape index (κ1) is 19.3. The Hall–Kier alpha value is -4.01. The number of amides is 1. The Labute approximate surface area is 172 Å². The fourth-order valence-electron chi connectivity index (χ4n) is 3.12. The second kappa shape index (κ2) is 8.56. The van der Waals surface area contributed by atoms with Crippen molar-refractivity contribution >= 4 is 11.7 Å². The fraction of sp³-hybridized carbons (Fsp3) is 0.190. The number of benzene rings is 1. The SMILES string of the molecule is COc1cccc(Cn2nccc2NC(=O)c2ccc(Cn3cccn3)o2)c1OC. The van der Waals surface area contributed by atoms with Gasteiger partial charge in [-0.05, 0) is 24.3 Å². The monoisotopic (exact) mass is 407 g/mol. The Bertz CT molecular complexity index is 1130. The van der Waals surface area contributed by atoms with Crippen LogP contribution >= 0.6 is 0 Å². The van der Waals surface area contributed by atoms with Gasteiger partial charge < -0.3 is 19.2 Å². The smallest absolute Gasteiger partial charge is 0.292 e. The van der Waals surface area contributed by atoms with Crippen LogP contribution < -0.4 is 14.8 Å². The zero-order chi connectivity index (χ0) is 20.9. The minimum Gasteiger partial charge on any atom is -0.493 e. The van der Waals surface area contributed by atoms with Crippen molar-refractivity contribution in [3.05, 3.63) is 78.1 Å².